The van der Waals surface area contributed by atoms with Crippen molar-refractivity contribution in [2.75, 3.05) is 20.3 Å². The van der Waals surface area contributed by atoms with Crippen LogP contribution >= 0.6 is 11.6 Å². The van der Waals surface area contributed by atoms with Crippen LogP contribution in [0.3, 0.4) is 0 Å². The van der Waals surface area contributed by atoms with Gasteiger partial charge in [0.05, 0.1) is 24.5 Å². The molecule has 3 heterocycles. The highest BCUT2D eigenvalue weighted by Gasteiger charge is 2.46. The number of hydrogen-bond acceptors (Lipinski definition) is 5. The van der Waals surface area contributed by atoms with Crippen molar-refractivity contribution in [3.8, 4) is 11.6 Å². The minimum atomic E-state index is -0.540. The lowest BCUT2D eigenvalue weighted by molar-refractivity contribution is -0.577. The Morgan fingerprint density at radius 2 is 1.82 bits per heavy atom. The molecule has 1 aromatic carbocycles. The minimum absolute atomic E-state index is 0.0467. The van der Waals surface area contributed by atoms with Gasteiger partial charge in [0.2, 0.25) is 0 Å². The van der Waals surface area contributed by atoms with E-state index in [0.717, 1.165) is 16.9 Å². The molecule has 1 aliphatic rings. The normalized spacial score (nSPS) is 13.9. The first kappa shape index (κ1) is 23.7. The SMILES string of the molecule is CCc1cc[n+](C2=C(c3c(CC)nn(-c4cccc(Cl)c4)c3[O-])C(=O)N(CCOC)C2=O)cc1. The van der Waals surface area contributed by atoms with Gasteiger partial charge in [-0.25, -0.2) is 4.68 Å². The van der Waals surface area contributed by atoms with Gasteiger partial charge in [0.1, 0.15) is 5.57 Å². The zero-order valence-corrected chi connectivity index (χ0v) is 20.0. The summed E-state index contributed by atoms with van der Waals surface area (Å²) in [5.74, 6) is -1.50. The lowest BCUT2D eigenvalue weighted by Crippen LogP contribution is -2.40. The lowest BCUT2D eigenvalue weighted by atomic mass is 10.0. The number of methoxy groups -OCH3 is 1. The molecule has 2 aromatic heterocycles. The first-order valence-corrected chi connectivity index (χ1v) is 11.4. The monoisotopic (exact) mass is 480 g/mol. The average Bonchev–Trinajstić information content (AvgIpc) is 3.30. The molecule has 0 saturated carbocycles. The summed E-state index contributed by atoms with van der Waals surface area (Å²) in [5, 5.41) is 18.5. The fourth-order valence-corrected chi connectivity index (χ4v) is 4.17. The third kappa shape index (κ3) is 4.10. The number of imide groups is 1. The van der Waals surface area contributed by atoms with E-state index in [4.69, 9.17) is 16.3 Å². The molecule has 34 heavy (non-hydrogen) atoms. The molecule has 176 valence electrons. The zero-order valence-electron chi connectivity index (χ0n) is 19.2. The number of halogens is 1. The molecule has 2 amide bonds. The molecular weight excluding hydrogens is 456 g/mol. The molecule has 1 aliphatic heterocycles. The third-order valence-corrected chi connectivity index (χ3v) is 6.02. The van der Waals surface area contributed by atoms with Gasteiger partial charge in [0.25, 0.3) is 11.6 Å². The van der Waals surface area contributed by atoms with E-state index >= 15 is 0 Å². The van der Waals surface area contributed by atoms with E-state index in [1.807, 2.05) is 26.0 Å². The van der Waals surface area contributed by atoms with Crippen LogP contribution in [-0.2, 0) is 27.2 Å². The Bertz CT molecular complexity index is 1280. The van der Waals surface area contributed by atoms with Gasteiger partial charge in [0.15, 0.2) is 12.4 Å². The van der Waals surface area contributed by atoms with Crippen molar-refractivity contribution in [2.45, 2.75) is 26.7 Å². The number of ether oxygens (including phenoxy) is 1. The number of nitrogens with zero attached hydrogens (tertiary/aromatic N) is 4. The molecule has 0 radical (unpaired) electrons. The Balaban J connectivity index is 1.95. The van der Waals surface area contributed by atoms with Gasteiger partial charge in [-0.15, -0.1) is 0 Å². The topological polar surface area (TPSA) is 91.4 Å². The predicted octanol–water partition coefficient (Wildman–Crippen LogP) is 2.40. The largest absolute Gasteiger partial charge is 0.858 e. The second kappa shape index (κ2) is 9.79. The Kier molecular flexibility index (Phi) is 6.81. The number of aryl methyl sites for hydroxylation is 2. The first-order chi connectivity index (χ1) is 16.4. The second-order valence-corrected chi connectivity index (χ2v) is 8.25. The van der Waals surface area contributed by atoms with E-state index in [9.17, 15) is 14.7 Å². The minimum Gasteiger partial charge on any atom is -0.858 e. The van der Waals surface area contributed by atoms with Crippen LogP contribution in [0.5, 0.6) is 5.88 Å². The van der Waals surface area contributed by atoms with Crippen LogP contribution in [0.1, 0.15) is 30.7 Å². The highest BCUT2D eigenvalue weighted by Crippen LogP contribution is 2.37. The van der Waals surface area contributed by atoms with Crippen LogP contribution in [0, 0.1) is 0 Å². The molecule has 0 N–H and O–H groups in total. The van der Waals surface area contributed by atoms with Crippen molar-refractivity contribution in [1.29, 1.82) is 0 Å². The van der Waals surface area contributed by atoms with Crippen LogP contribution in [0.15, 0.2) is 48.8 Å². The number of carbonyl (C=O) groups is 2. The summed E-state index contributed by atoms with van der Waals surface area (Å²) in [6.45, 7) is 4.14. The molecule has 0 fully saturated rings. The molecule has 0 unspecified atom stereocenters. The molecule has 0 bridgehead atoms. The standard InChI is InChI=1S/C25H25ClN4O4/c1-4-16-9-11-28(12-10-16)22-21(23(31)29(25(22)33)13-14-34-3)20-19(5-2)27-30(24(20)32)18-8-6-7-17(26)15-18/h6-12,15H,4-5,13-14H2,1-3H3. The summed E-state index contributed by atoms with van der Waals surface area (Å²) in [7, 11) is 1.50. The zero-order chi connectivity index (χ0) is 24.4. The van der Waals surface area contributed by atoms with E-state index < -0.39 is 17.7 Å². The van der Waals surface area contributed by atoms with Crippen molar-refractivity contribution >= 4 is 34.7 Å². The van der Waals surface area contributed by atoms with Crippen molar-refractivity contribution < 1.29 is 24.0 Å². The summed E-state index contributed by atoms with van der Waals surface area (Å²) in [4.78, 5) is 28.1. The van der Waals surface area contributed by atoms with Crippen molar-refractivity contribution in [1.82, 2.24) is 14.7 Å². The molecule has 0 atom stereocenters. The van der Waals surface area contributed by atoms with Crippen LogP contribution in [0.2, 0.25) is 5.02 Å². The van der Waals surface area contributed by atoms with Crippen molar-refractivity contribution in [2.24, 2.45) is 0 Å². The van der Waals surface area contributed by atoms with E-state index in [0.29, 0.717) is 22.8 Å². The highest BCUT2D eigenvalue weighted by atomic mass is 35.5. The van der Waals surface area contributed by atoms with Crippen LogP contribution in [0.4, 0.5) is 0 Å². The molecule has 0 spiro atoms. The van der Waals surface area contributed by atoms with Gasteiger partial charge < -0.3 is 9.84 Å². The predicted molar refractivity (Wildman–Crippen MR) is 125 cm³/mol. The Morgan fingerprint density at radius 3 is 2.44 bits per heavy atom. The quantitative estimate of drug-likeness (QED) is 0.364. The van der Waals surface area contributed by atoms with E-state index in [1.54, 1.807) is 41.2 Å². The fraction of sp³-hybridized carbons (Fsp3) is 0.280. The number of hydrogen-bond donors (Lipinski definition) is 0. The third-order valence-electron chi connectivity index (χ3n) is 5.78. The van der Waals surface area contributed by atoms with Crippen LogP contribution in [-0.4, -0.2) is 46.8 Å². The van der Waals surface area contributed by atoms with Gasteiger partial charge in [0, 0.05) is 29.8 Å². The maximum Gasteiger partial charge on any atom is 0.326 e. The maximum absolute atomic E-state index is 13.6. The van der Waals surface area contributed by atoms with E-state index in [-0.39, 0.29) is 30.0 Å². The number of aromatic nitrogens is 3. The first-order valence-electron chi connectivity index (χ1n) is 11.1. The molecular formula is C25H25ClN4O4. The highest BCUT2D eigenvalue weighted by molar-refractivity contribution is 6.45. The summed E-state index contributed by atoms with van der Waals surface area (Å²) in [5.41, 5.74) is 2.29. The number of benzene rings is 1. The summed E-state index contributed by atoms with van der Waals surface area (Å²) < 4.78 is 7.91. The Hall–Kier alpha value is -3.49. The molecule has 0 aliphatic carbocycles. The summed E-state index contributed by atoms with van der Waals surface area (Å²) in [6, 6.07) is 10.5. The van der Waals surface area contributed by atoms with Gasteiger partial charge in [-0.05, 0) is 42.5 Å². The van der Waals surface area contributed by atoms with Gasteiger partial charge >= 0.3 is 5.91 Å². The molecule has 3 aromatic rings. The Labute approximate surface area is 202 Å². The van der Waals surface area contributed by atoms with E-state index in [2.05, 4.69) is 5.10 Å². The summed E-state index contributed by atoms with van der Waals surface area (Å²) >= 11 is 6.12. The fourth-order valence-electron chi connectivity index (χ4n) is 3.98. The van der Waals surface area contributed by atoms with E-state index in [1.165, 1.54) is 11.8 Å². The van der Waals surface area contributed by atoms with Crippen molar-refractivity contribution in [3.63, 3.8) is 0 Å². The van der Waals surface area contributed by atoms with Gasteiger partial charge in [-0.3, -0.25) is 14.5 Å². The molecule has 4 rings (SSSR count). The molecule has 0 saturated heterocycles. The van der Waals surface area contributed by atoms with Crippen molar-refractivity contribution in [3.05, 3.63) is 70.6 Å². The number of rotatable bonds is 8. The average molecular weight is 481 g/mol. The molecule has 8 nitrogen and oxygen atoms in total. The van der Waals surface area contributed by atoms with Gasteiger partial charge in [-0.2, -0.15) is 9.67 Å². The lowest BCUT2D eigenvalue weighted by Gasteiger charge is -2.15. The number of amides is 2. The van der Waals surface area contributed by atoms with Crippen LogP contribution in [0.25, 0.3) is 17.0 Å². The second-order valence-electron chi connectivity index (χ2n) is 7.82. The number of pyridine rings is 1. The summed E-state index contributed by atoms with van der Waals surface area (Å²) in [6.07, 6.45) is 4.69. The van der Waals surface area contributed by atoms with Crippen LogP contribution < -0.4 is 9.67 Å². The smallest absolute Gasteiger partial charge is 0.326 e. The van der Waals surface area contributed by atoms with Gasteiger partial charge in [-0.1, -0.05) is 31.5 Å². The maximum atomic E-state index is 13.6. The Morgan fingerprint density at radius 1 is 1.09 bits per heavy atom. The molecule has 9 heteroatoms. The number of carbonyl (C=O) groups excluding carboxylic acids is 2.